The lowest BCUT2D eigenvalue weighted by molar-refractivity contribution is -0.136. The zero-order valence-corrected chi connectivity index (χ0v) is 10.8. The van der Waals surface area contributed by atoms with Crippen molar-refractivity contribution < 1.29 is 9.90 Å². The molecule has 0 fully saturated rings. The van der Waals surface area contributed by atoms with Gasteiger partial charge in [0.15, 0.2) is 0 Å². The van der Waals surface area contributed by atoms with Crippen molar-refractivity contribution in [3.05, 3.63) is 41.2 Å². The van der Waals surface area contributed by atoms with E-state index in [0.29, 0.717) is 0 Å². The number of aromatic nitrogens is 2. The van der Waals surface area contributed by atoms with Crippen LogP contribution in [-0.2, 0) is 18.3 Å². The largest absolute Gasteiger partial charge is 0.481 e. The molecule has 0 unspecified atom stereocenters. The van der Waals surface area contributed by atoms with E-state index in [4.69, 9.17) is 5.11 Å². The summed E-state index contributed by atoms with van der Waals surface area (Å²) in [7, 11) is 1.77. The van der Waals surface area contributed by atoms with Crippen molar-refractivity contribution >= 4 is 5.97 Å². The van der Waals surface area contributed by atoms with Crippen LogP contribution >= 0.6 is 0 Å². The van der Waals surface area contributed by atoms with E-state index in [1.165, 1.54) is 0 Å². The molecule has 18 heavy (non-hydrogen) atoms. The molecule has 0 aliphatic rings. The van der Waals surface area contributed by atoms with Gasteiger partial charge in [0.05, 0.1) is 18.3 Å². The summed E-state index contributed by atoms with van der Waals surface area (Å²) in [4.78, 5) is 10.9. The number of hydrogen-bond donors (Lipinski definition) is 1. The molecule has 1 heterocycles. The van der Waals surface area contributed by atoms with Crippen molar-refractivity contribution in [1.82, 2.24) is 9.78 Å². The molecular formula is C14H16N2O2. The summed E-state index contributed by atoms with van der Waals surface area (Å²) in [5.41, 5.74) is 4.97. The van der Waals surface area contributed by atoms with Gasteiger partial charge in [-0.1, -0.05) is 23.8 Å². The van der Waals surface area contributed by atoms with E-state index in [2.05, 4.69) is 11.2 Å². The Balaban J connectivity index is 2.57. The van der Waals surface area contributed by atoms with Crippen LogP contribution in [-0.4, -0.2) is 20.9 Å². The molecule has 0 aliphatic carbocycles. The second-order valence-corrected chi connectivity index (χ2v) is 4.52. The van der Waals surface area contributed by atoms with E-state index in [1.54, 1.807) is 17.9 Å². The average Bonchev–Trinajstić information content (AvgIpc) is 2.64. The molecule has 0 spiro atoms. The highest BCUT2D eigenvalue weighted by molar-refractivity contribution is 5.76. The van der Waals surface area contributed by atoms with Gasteiger partial charge < -0.3 is 5.11 Å². The maximum absolute atomic E-state index is 10.9. The SMILES string of the molecule is Cc1ccc(C)c(-c2cnn(C)c2CC(=O)O)c1. The molecule has 4 heteroatoms. The van der Waals surface area contributed by atoms with Gasteiger partial charge in [0, 0.05) is 12.6 Å². The summed E-state index contributed by atoms with van der Waals surface area (Å²) >= 11 is 0. The van der Waals surface area contributed by atoms with Crippen LogP contribution in [0.1, 0.15) is 16.8 Å². The number of carboxylic acids is 1. The first-order valence-corrected chi connectivity index (χ1v) is 5.79. The first-order valence-electron chi connectivity index (χ1n) is 5.79. The van der Waals surface area contributed by atoms with Crippen LogP contribution in [0.5, 0.6) is 0 Å². The molecule has 94 valence electrons. The first-order chi connectivity index (χ1) is 8.49. The minimum atomic E-state index is -0.842. The van der Waals surface area contributed by atoms with Gasteiger partial charge in [0.2, 0.25) is 0 Å². The molecular weight excluding hydrogens is 228 g/mol. The van der Waals surface area contributed by atoms with E-state index in [1.807, 2.05) is 26.0 Å². The summed E-state index contributed by atoms with van der Waals surface area (Å²) in [6.45, 7) is 4.04. The normalized spacial score (nSPS) is 10.6. The average molecular weight is 244 g/mol. The number of nitrogens with zero attached hydrogens (tertiary/aromatic N) is 2. The van der Waals surface area contributed by atoms with Crippen molar-refractivity contribution in [2.75, 3.05) is 0 Å². The van der Waals surface area contributed by atoms with Gasteiger partial charge in [-0.15, -0.1) is 0 Å². The van der Waals surface area contributed by atoms with Gasteiger partial charge in [-0.3, -0.25) is 9.48 Å². The topological polar surface area (TPSA) is 55.1 Å². The third-order valence-corrected chi connectivity index (χ3v) is 3.06. The summed E-state index contributed by atoms with van der Waals surface area (Å²) in [6, 6.07) is 6.16. The number of carboxylic acid groups (broad SMARTS) is 1. The zero-order chi connectivity index (χ0) is 13.3. The van der Waals surface area contributed by atoms with Gasteiger partial charge in [-0.2, -0.15) is 5.10 Å². The van der Waals surface area contributed by atoms with Gasteiger partial charge >= 0.3 is 5.97 Å². The number of benzene rings is 1. The maximum Gasteiger partial charge on any atom is 0.309 e. The Bertz CT molecular complexity index is 600. The molecule has 1 N–H and O–H groups in total. The highest BCUT2D eigenvalue weighted by atomic mass is 16.4. The highest BCUT2D eigenvalue weighted by Gasteiger charge is 2.15. The molecule has 0 aliphatic heterocycles. The Kier molecular flexibility index (Phi) is 3.19. The van der Waals surface area contributed by atoms with Gasteiger partial charge in [0.1, 0.15) is 0 Å². The number of rotatable bonds is 3. The number of aliphatic carboxylic acids is 1. The monoisotopic (exact) mass is 244 g/mol. The standard InChI is InChI=1S/C14H16N2O2/c1-9-4-5-10(2)11(6-9)12-8-15-16(3)13(12)7-14(17)18/h4-6,8H,7H2,1-3H3,(H,17,18). The molecule has 4 nitrogen and oxygen atoms in total. The second-order valence-electron chi connectivity index (χ2n) is 4.52. The lowest BCUT2D eigenvalue weighted by Crippen LogP contribution is -2.07. The van der Waals surface area contributed by atoms with E-state index in [-0.39, 0.29) is 6.42 Å². The Hall–Kier alpha value is -2.10. The molecule has 2 rings (SSSR count). The molecule has 1 aromatic heterocycles. The number of aryl methyl sites for hydroxylation is 3. The van der Waals surface area contributed by atoms with E-state index < -0.39 is 5.97 Å². The minimum absolute atomic E-state index is 0.0147. The lowest BCUT2D eigenvalue weighted by Gasteiger charge is -2.08. The van der Waals surface area contributed by atoms with Crippen LogP contribution in [0.4, 0.5) is 0 Å². The minimum Gasteiger partial charge on any atom is -0.481 e. The van der Waals surface area contributed by atoms with E-state index >= 15 is 0 Å². The second kappa shape index (κ2) is 4.64. The molecule has 0 saturated heterocycles. The fourth-order valence-electron chi connectivity index (χ4n) is 2.07. The summed E-state index contributed by atoms with van der Waals surface area (Å²) in [5.74, 6) is -0.842. The van der Waals surface area contributed by atoms with Crippen LogP contribution in [0.2, 0.25) is 0 Å². The Labute approximate surface area is 106 Å². The van der Waals surface area contributed by atoms with Gasteiger partial charge in [-0.05, 0) is 25.0 Å². The molecule has 0 radical (unpaired) electrons. The highest BCUT2D eigenvalue weighted by Crippen LogP contribution is 2.27. The Morgan fingerprint density at radius 1 is 1.33 bits per heavy atom. The summed E-state index contributed by atoms with van der Waals surface area (Å²) in [5, 5.41) is 13.1. The van der Waals surface area contributed by atoms with Gasteiger partial charge in [0.25, 0.3) is 0 Å². The maximum atomic E-state index is 10.9. The van der Waals surface area contributed by atoms with Gasteiger partial charge in [-0.25, -0.2) is 0 Å². The Morgan fingerprint density at radius 2 is 2.06 bits per heavy atom. The van der Waals surface area contributed by atoms with Crippen molar-refractivity contribution in [3.8, 4) is 11.1 Å². The van der Waals surface area contributed by atoms with Crippen molar-refractivity contribution in [1.29, 1.82) is 0 Å². The van der Waals surface area contributed by atoms with Crippen LogP contribution in [0.25, 0.3) is 11.1 Å². The van der Waals surface area contributed by atoms with Crippen molar-refractivity contribution in [2.45, 2.75) is 20.3 Å². The van der Waals surface area contributed by atoms with Crippen LogP contribution < -0.4 is 0 Å². The van der Waals surface area contributed by atoms with Crippen LogP contribution in [0.3, 0.4) is 0 Å². The van der Waals surface area contributed by atoms with Crippen LogP contribution in [0.15, 0.2) is 24.4 Å². The molecule has 1 aromatic carbocycles. The third-order valence-electron chi connectivity index (χ3n) is 3.06. The number of hydrogen-bond acceptors (Lipinski definition) is 2. The van der Waals surface area contributed by atoms with Crippen LogP contribution in [0, 0.1) is 13.8 Å². The summed E-state index contributed by atoms with van der Waals surface area (Å²) < 4.78 is 1.63. The molecule has 0 bridgehead atoms. The van der Waals surface area contributed by atoms with Crippen molar-refractivity contribution in [2.24, 2.45) is 7.05 Å². The molecule has 0 atom stereocenters. The third kappa shape index (κ3) is 2.27. The summed E-state index contributed by atoms with van der Waals surface area (Å²) in [6.07, 6.45) is 1.72. The fraction of sp³-hybridized carbons (Fsp3) is 0.286. The quantitative estimate of drug-likeness (QED) is 0.901. The fourth-order valence-corrected chi connectivity index (χ4v) is 2.07. The zero-order valence-electron chi connectivity index (χ0n) is 10.8. The lowest BCUT2D eigenvalue weighted by atomic mass is 9.98. The van der Waals surface area contributed by atoms with E-state index in [9.17, 15) is 4.79 Å². The first kappa shape index (κ1) is 12.4. The molecule has 0 amide bonds. The predicted octanol–water partition coefficient (Wildman–Crippen LogP) is 2.33. The van der Waals surface area contributed by atoms with Crippen molar-refractivity contribution in [3.63, 3.8) is 0 Å². The Morgan fingerprint density at radius 3 is 2.72 bits per heavy atom. The number of carbonyl (C=O) groups is 1. The molecule has 2 aromatic rings. The molecule has 0 saturated carbocycles. The predicted molar refractivity (Wildman–Crippen MR) is 69.5 cm³/mol. The van der Waals surface area contributed by atoms with E-state index in [0.717, 1.165) is 27.9 Å². The smallest absolute Gasteiger partial charge is 0.309 e.